The third-order valence-corrected chi connectivity index (χ3v) is 4.13. The number of amides is 1. The molecule has 1 unspecified atom stereocenters. The second-order valence-electron chi connectivity index (χ2n) is 4.97. The SMILES string of the molecule is CC(CNC(=O)c1cccc(I)c1)N(C)C1CC1. The van der Waals surface area contributed by atoms with Gasteiger partial charge in [-0.15, -0.1) is 0 Å². The molecule has 1 atom stereocenters. The molecule has 0 aromatic heterocycles. The van der Waals surface area contributed by atoms with Gasteiger partial charge in [0.1, 0.15) is 0 Å². The maximum absolute atomic E-state index is 12.0. The van der Waals surface area contributed by atoms with E-state index in [1.807, 2.05) is 24.3 Å². The fraction of sp³-hybridized carbons (Fsp3) is 0.500. The van der Waals surface area contributed by atoms with E-state index in [1.54, 1.807) is 0 Å². The highest BCUT2D eigenvalue weighted by Gasteiger charge is 2.29. The van der Waals surface area contributed by atoms with Crippen LogP contribution in [0.15, 0.2) is 24.3 Å². The van der Waals surface area contributed by atoms with E-state index in [0.29, 0.717) is 12.6 Å². The van der Waals surface area contributed by atoms with Gasteiger partial charge in [-0.05, 0) is 67.6 Å². The Labute approximate surface area is 122 Å². The summed E-state index contributed by atoms with van der Waals surface area (Å²) in [5.74, 6) is 0.0181. The Balaban J connectivity index is 1.84. The summed E-state index contributed by atoms with van der Waals surface area (Å²) in [7, 11) is 2.14. The summed E-state index contributed by atoms with van der Waals surface area (Å²) >= 11 is 2.22. The van der Waals surface area contributed by atoms with Crippen LogP contribution >= 0.6 is 22.6 Å². The Hall–Kier alpha value is -0.620. The number of nitrogens with one attached hydrogen (secondary N) is 1. The van der Waals surface area contributed by atoms with Gasteiger partial charge in [-0.3, -0.25) is 9.69 Å². The van der Waals surface area contributed by atoms with Crippen molar-refractivity contribution in [3.8, 4) is 0 Å². The van der Waals surface area contributed by atoms with Crippen molar-refractivity contribution in [2.45, 2.75) is 31.8 Å². The summed E-state index contributed by atoms with van der Waals surface area (Å²) in [6.45, 7) is 2.87. The van der Waals surface area contributed by atoms with Gasteiger partial charge in [0.05, 0.1) is 0 Å². The first-order chi connectivity index (χ1) is 8.58. The van der Waals surface area contributed by atoms with E-state index in [2.05, 4.69) is 46.8 Å². The molecule has 2 rings (SSSR count). The van der Waals surface area contributed by atoms with E-state index < -0.39 is 0 Å². The topological polar surface area (TPSA) is 32.3 Å². The molecule has 1 saturated carbocycles. The third-order valence-electron chi connectivity index (χ3n) is 3.46. The first-order valence-electron chi connectivity index (χ1n) is 6.33. The zero-order valence-corrected chi connectivity index (χ0v) is 13.0. The molecule has 1 fully saturated rings. The molecule has 0 saturated heterocycles. The number of hydrogen-bond acceptors (Lipinski definition) is 2. The lowest BCUT2D eigenvalue weighted by Gasteiger charge is -2.24. The van der Waals surface area contributed by atoms with Gasteiger partial charge in [-0.25, -0.2) is 0 Å². The molecule has 1 aromatic rings. The molecule has 98 valence electrons. The fourth-order valence-electron chi connectivity index (χ4n) is 1.96. The van der Waals surface area contributed by atoms with E-state index >= 15 is 0 Å². The number of rotatable bonds is 5. The summed E-state index contributed by atoms with van der Waals surface area (Å²) in [6, 6.07) is 8.79. The average Bonchev–Trinajstić information content (AvgIpc) is 3.18. The van der Waals surface area contributed by atoms with Crippen LogP contribution in [0, 0.1) is 3.57 Å². The minimum Gasteiger partial charge on any atom is -0.350 e. The van der Waals surface area contributed by atoms with Gasteiger partial charge in [0, 0.05) is 27.8 Å². The molecule has 0 heterocycles. The second-order valence-corrected chi connectivity index (χ2v) is 6.21. The quantitative estimate of drug-likeness (QED) is 0.821. The third kappa shape index (κ3) is 3.68. The predicted octanol–water partition coefficient (Wildman–Crippen LogP) is 2.50. The number of carbonyl (C=O) groups excluding carboxylic acids is 1. The van der Waals surface area contributed by atoms with E-state index in [9.17, 15) is 4.79 Å². The summed E-state index contributed by atoms with van der Waals surface area (Å²) in [6.07, 6.45) is 2.59. The Kier molecular flexibility index (Phi) is 4.61. The highest BCUT2D eigenvalue weighted by molar-refractivity contribution is 14.1. The van der Waals surface area contributed by atoms with E-state index in [1.165, 1.54) is 12.8 Å². The van der Waals surface area contributed by atoms with Crippen molar-refractivity contribution in [3.63, 3.8) is 0 Å². The predicted molar refractivity (Wildman–Crippen MR) is 81.7 cm³/mol. The zero-order valence-electron chi connectivity index (χ0n) is 10.8. The molecule has 1 aromatic carbocycles. The normalized spacial score (nSPS) is 16.7. The zero-order chi connectivity index (χ0) is 13.1. The molecule has 1 aliphatic rings. The van der Waals surface area contributed by atoms with Crippen LogP contribution in [0.4, 0.5) is 0 Å². The molecule has 0 radical (unpaired) electrons. The van der Waals surface area contributed by atoms with E-state index in [0.717, 1.165) is 15.2 Å². The fourth-order valence-corrected chi connectivity index (χ4v) is 2.50. The number of carbonyl (C=O) groups is 1. The summed E-state index contributed by atoms with van der Waals surface area (Å²) in [5.41, 5.74) is 0.739. The van der Waals surface area contributed by atoms with Crippen molar-refractivity contribution in [3.05, 3.63) is 33.4 Å². The standard InChI is InChI=1S/C14H19IN2O/c1-10(17(2)13-6-7-13)9-16-14(18)11-4-3-5-12(15)8-11/h3-5,8,10,13H,6-7,9H2,1-2H3,(H,16,18). The van der Waals surface area contributed by atoms with Crippen molar-refractivity contribution in [1.29, 1.82) is 0 Å². The Morgan fingerprint density at radius 3 is 2.89 bits per heavy atom. The van der Waals surface area contributed by atoms with E-state index in [4.69, 9.17) is 0 Å². The molecule has 1 N–H and O–H groups in total. The van der Waals surface area contributed by atoms with Crippen LogP contribution < -0.4 is 5.32 Å². The van der Waals surface area contributed by atoms with Crippen LogP contribution in [-0.2, 0) is 0 Å². The monoisotopic (exact) mass is 358 g/mol. The molecule has 4 heteroatoms. The van der Waals surface area contributed by atoms with Crippen LogP contribution in [0.1, 0.15) is 30.1 Å². The molecular weight excluding hydrogens is 339 g/mol. The molecule has 18 heavy (non-hydrogen) atoms. The van der Waals surface area contributed by atoms with Crippen LogP contribution in [0.3, 0.4) is 0 Å². The summed E-state index contributed by atoms with van der Waals surface area (Å²) in [5, 5.41) is 3.01. The smallest absolute Gasteiger partial charge is 0.251 e. The van der Waals surface area contributed by atoms with Gasteiger partial charge in [-0.1, -0.05) is 6.07 Å². The lowest BCUT2D eigenvalue weighted by molar-refractivity contribution is 0.0939. The molecule has 1 amide bonds. The molecule has 0 spiro atoms. The minimum atomic E-state index is 0.0181. The van der Waals surface area contributed by atoms with Gasteiger partial charge in [0.25, 0.3) is 5.91 Å². The van der Waals surface area contributed by atoms with Crippen LogP contribution in [0.5, 0.6) is 0 Å². The molecule has 0 aliphatic heterocycles. The number of nitrogens with zero attached hydrogens (tertiary/aromatic N) is 1. The number of likely N-dealkylation sites (N-methyl/N-ethyl adjacent to an activating group) is 1. The number of halogens is 1. The number of benzene rings is 1. The largest absolute Gasteiger partial charge is 0.350 e. The van der Waals surface area contributed by atoms with Crippen molar-refractivity contribution in [2.24, 2.45) is 0 Å². The van der Waals surface area contributed by atoms with Crippen molar-refractivity contribution >= 4 is 28.5 Å². The van der Waals surface area contributed by atoms with Crippen LogP contribution in [-0.4, -0.2) is 36.5 Å². The van der Waals surface area contributed by atoms with Gasteiger partial charge in [0.15, 0.2) is 0 Å². The summed E-state index contributed by atoms with van der Waals surface area (Å²) < 4.78 is 1.09. The molecule has 1 aliphatic carbocycles. The molecular formula is C14H19IN2O. The van der Waals surface area contributed by atoms with Crippen LogP contribution in [0.2, 0.25) is 0 Å². The average molecular weight is 358 g/mol. The Morgan fingerprint density at radius 1 is 1.56 bits per heavy atom. The van der Waals surface area contributed by atoms with Crippen LogP contribution in [0.25, 0.3) is 0 Å². The maximum Gasteiger partial charge on any atom is 0.251 e. The highest BCUT2D eigenvalue weighted by Crippen LogP contribution is 2.26. The van der Waals surface area contributed by atoms with Crippen molar-refractivity contribution in [2.75, 3.05) is 13.6 Å². The lowest BCUT2D eigenvalue weighted by Crippen LogP contribution is -2.41. The van der Waals surface area contributed by atoms with Crippen molar-refractivity contribution < 1.29 is 4.79 Å². The molecule has 3 nitrogen and oxygen atoms in total. The highest BCUT2D eigenvalue weighted by atomic mass is 127. The summed E-state index contributed by atoms with van der Waals surface area (Å²) in [4.78, 5) is 14.3. The second kappa shape index (κ2) is 6.02. The Bertz CT molecular complexity index is 432. The van der Waals surface area contributed by atoms with Gasteiger partial charge >= 0.3 is 0 Å². The van der Waals surface area contributed by atoms with Gasteiger partial charge in [-0.2, -0.15) is 0 Å². The number of hydrogen-bond donors (Lipinski definition) is 1. The van der Waals surface area contributed by atoms with Gasteiger partial charge in [0.2, 0.25) is 0 Å². The maximum atomic E-state index is 12.0. The Morgan fingerprint density at radius 2 is 2.28 bits per heavy atom. The lowest BCUT2D eigenvalue weighted by atomic mass is 10.2. The first-order valence-corrected chi connectivity index (χ1v) is 7.41. The van der Waals surface area contributed by atoms with E-state index in [-0.39, 0.29) is 5.91 Å². The van der Waals surface area contributed by atoms with Gasteiger partial charge < -0.3 is 5.32 Å². The first kappa shape index (κ1) is 13.8. The molecule has 0 bridgehead atoms. The van der Waals surface area contributed by atoms with Crippen molar-refractivity contribution in [1.82, 2.24) is 10.2 Å². The minimum absolute atomic E-state index is 0.0181.